The highest BCUT2D eigenvalue weighted by atomic mass is 16.5. The molecular formula is C21H26N2O3. The van der Waals surface area contributed by atoms with E-state index in [4.69, 9.17) is 4.74 Å². The Bertz CT molecular complexity index is 709. The summed E-state index contributed by atoms with van der Waals surface area (Å²) in [6.07, 6.45) is 4.60. The van der Waals surface area contributed by atoms with Crippen LogP contribution in [0.25, 0.3) is 0 Å². The lowest BCUT2D eigenvalue weighted by Gasteiger charge is -2.08. The fourth-order valence-electron chi connectivity index (χ4n) is 2.54. The number of unbranched alkanes of at least 4 members (excludes halogenated alkanes) is 2. The highest BCUT2D eigenvalue weighted by Gasteiger charge is 2.08. The number of methoxy groups -OCH3 is 1. The number of amides is 2. The molecule has 2 rings (SSSR count). The van der Waals surface area contributed by atoms with Gasteiger partial charge in [-0.3, -0.25) is 9.59 Å². The van der Waals surface area contributed by atoms with Crippen LogP contribution in [-0.2, 0) is 11.2 Å². The second-order valence-corrected chi connectivity index (χ2v) is 6.11. The second kappa shape index (κ2) is 10.2. The minimum atomic E-state index is -0.278. The predicted octanol–water partition coefficient (Wildman–Crippen LogP) is 3.80. The van der Waals surface area contributed by atoms with E-state index in [0.717, 1.165) is 18.6 Å². The van der Waals surface area contributed by atoms with Crippen molar-refractivity contribution in [3.8, 4) is 5.75 Å². The van der Waals surface area contributed by atoms with Crippen LogP contribution in [0.3, 0.4) is 0 Å². The molecule has 5 nitrogen and oxygen atoms in total. The van der Waals surface area contributed by atoms with Gasteiger partial charge in [0.1, 0.15) is 5.75 Å². The van der Waals surface area contributed by atoms with E-state index >= 15 is 0 Å². The second-order valence-electron chi connectivity index (χ2n) is 6.11. The van der Waals surface area contributed by atoms with Crippen molar-refractivity contribution >= 4 is 17.5 Å². The normalized spacial score (nSPS) is 10.2. The molecule has 0 saturated carbocycles. The van der Waals surface area contributed by atoms with E-state index < -0.39 is 0 Å². The van der Waals surface area contributed by atoms with Crippen LogP contribution in [0.4, 0.5) is 5.69 Å². The summed E-state index contributed by atoms with van der Waals surface area (Å²) >= 11 is 0. The minimum Gasteiger partial charge on any atom is -0.497 e. The molecule has 2 aromatic rings. The maximum Gasteiger partial charge on any atom is 0.251 e. The smallest absolute Gasteiger partial charge is 0.251 e. The monoisotopic (exact) mass is 354 g/mol. The molecule has 26 heavy (non-hydrogen) atoms. The van der Waals surface area contributed by atoms with Crippen LogP contribution in [0.2, 0.25) is 0 Å². The average molecular weight is 354 g/mol. The molecule has 0 heterocycles. The molecule has 0 aliphatic carbocycles. The molecular weight excluding hydrogens is 328 g/mol. The van der Waals surface area contributed by atoms with Gasteiger partial charge in [-0.25, -0.2) is 0 Å². The molecule has 0 atom stereocenters. The Morgan fingerprint density at radius 3 is 2.27 bits per heavy atom. The minimum absolute atomic E-state index is 0.0802. The molecule has 0 fully saturated rings. The van der Waals surface area contributed by atoms with E-state index in [1.165, 1.54) is 18.4 Å². The van der Waals surface area contributed by atoms with E-state index in [9.17, 15) is 9.59 Å². The molecule has 5 heteroatoms. The van der Waals surface area contributed by atoms with Crippen molar-refractivity contribution in [3.05, 3.63) is 59.7 Å². The zero-order chi connectivity index (χ0) is 18.8. The van der Waals surface area contributed by atoms with Gasteiger partial charge in [0.15, 0.2) is 0 Å². The number of aryl methyl sites for hydroxylation is 1. The highest BCUT2D eigenvalue weighted by molar-refractivity contribution is 5.99. The lowest BCUT2D eigenvalue weighted by molar-refractivity contribution is -0.115. The Hall–Kier alpha value is -2.82. The van der Waals surface area contributed by atoms with E-state index in [1.54, 1.807) is 43.5 Å². The Labute approximate surface area is 154 Å². The van der Waals surface area contributed by atoms with Crippen molar-refractivity contribution in [2.45, 2.75) is 32.6 Å². The fraction of sp³-hybridized carbons (Fsp3) is 0.333. The maximum absolute atomic E-state index is 12.1. The molecule has 0 unspecified atom stereocenters. The van der Waals surface area contributed by atoms with E-state index in [1.807, 2.05) is 12.1 Å². The molecule has 2 aromatic carbocycles. The molecule has 0 aromatic heterocycles. The molecule has 0 aliphatic heterocycles. The van der Waals surface area contributed by atoms with Crippen LogP contribution in [0.15, 0.2) is 48.5 Å². The number of benzene rings is 2. The molecule has 0 radical (unpaired) electrons. The topological polar surface area (TPSA) is 67.4 Å². The molecule has 0 aliphatic rings. The van der Waals surface area contributed by atoms with Crippen molar-refractivity contribution in [3.63, 3.8) is 0 Å². The number of nitrogens with one attached hydrogen (secondary N) is 2. The van der Waals surface area contributed by atoms with Gasteiger partial charge < -0.3 is 15.4 Å². The molecule has 0 saturated heterocycles. The molecule has 2 amide bonds. The quantitative estimate of drug-likeness (QED) is 0.673. The Morgan fingerprint density at radius 1 is 0.962 bits per heavy atom. The van der Waals surface area contributed by atoms with Gasteiger partial charge in [0, 0.05) is 11.3 Å². The first kappa shape index (κ1) is 19.5. The van der Waals surface area contributed by atoms with Gasteiger partial charge >= 0.3 is 0 Å². The Balaban J connectivity index is 1.78. The first-order valence-corrected chi connectivity index (χ1v) is 8.93. The van der Waals surface area contributed by atoms with Crippen LogP contribution < -0.4 is 15.4 Å². The van der Waals surface area contributed by atoms with E-state index in [0.29, 0.717) is 11.3 Å². The third-order valence-electron chi connectivity index (χ3n) is 4.07. The summed E-state index contributed by atoms with van der Waals surface area (Å²) < 4.78 is 5.07. The number of anilines is 1. The predicted molar refractivity (Wildman–Crippen MR) is 104 cm³/mol. The number of carbonyl (C=O) groups excluding carboxylic acids is 2. The standard InChI is InChI=1S/C21H26N2O3/c1-3-4-5-6-16-7-9-17(10-8-16)21(25)22-15-20(24)23-18-11-13-19(26-2)14-12-18/h7-14H,3-6,15H2,1-2H3,(H,22,25)(H,23,24). The summed E-state index contributed by atoms with van der Waals surface area (Å²) in [5.74, 6) is 0.184. The molecule has 2 N–H and O–H groups in total. The van der Waals surface area contributed by atoms with Crippen molar-refractivity contribution < 1.29 is 14.3 Å². The number of ether oxygens (including phenoxy) is 1. The summed E-state index contributed by atoms with van der Waals surface area (Å²) in [6.45, 7) is 2.10. The molecule has 0 bridgehead atoms. The summed E-state index contributed by atoms with van der Waals surface area (Å²) in [4.78, 5) is 24.1. The number of hydrogen-bond acceptors (Lipinski definition) is 3. The highest BCUT2D eigenvalue weighted by Crippen LogP contribution is 2.14. The zero-order valence-corrected chi connectivity index (χ0v) is 15.4. The number of rotatable bonds is 9. The average Bonchev–Trinajstić information content (AvgIpc) is 2.67. The van der Waals surface area contributed by atoms with Gasteiger partial charge in [0.25, 0.3) is 5.91 Å². The van der Waals surface area contributed by atoms with Gasteiger partial charge in [-0.05, 0) is 54.8 Å². The number of hydrogen-bond donors (Lipinski definition) is 2. The summed E-state index contributed by atoms with van der Waals surface area (Å²) in [5.41, 5.74) is 2.44. The third-order valence-corrected chi connectivity index (χ3v) is 4.07. The zero-order valence-electron chi connectivity index (χ0n) is 15.4. The SMILES string of the molecule is CCCCCc1ccc(C(=O)NCC(=O)Nc2ccc(OC)cc2)cc1. The molecule has 0 spiro atoms. The van der Waals surface area contributed by atoms with Crippen molar-refractivity contribution in [1.29, 1.82) is 0 Å². The first-order valence-electron chi connectivity index (χ1n) is 8.93. The Morgan fingerprint density at radius 2 is 1.65 bits per heavy atom. The first-order chi connectivity index (χ1) is 12.6. The van der Waals surface area contributed by atoms with Crippen LogP contribution >= 0.6 is 0 Å². The van der Waals surface area contributed by atoms with Crippen molar-refractivity contribution in [2.75, 3.05) is 19.0 Å². The van der Waals surface area contributed by atoms with Crippen LogP contribution in [0.1, 0.15) is 42.1 Å². The largest absolute Gasteiger partial charge is 0.497 e. The summed E-state index contributed by atoms with van der Waals surface area (Å²) in [7, 11) is 1.58. The van der Waals surface area contributed by atoms with Crippen LogP contribution in [0, 0.1) is 0 Å². The van der Waals surface area contributed by atoms with Gasteiger partial charge in [-0.2, -0.15) is 0 Å². The fourth-order valence-corrected chi connectivity index (χ4v) is 2.54. The maximum atomic E-state index is 12.1. The van der Waals surface area contributed by atoms with E-state index in [-0.39, 0.29) is 18.4 Å². The van der Waals surface area contributed by atoms with Gasteiger partial charge in [-0.1, -0.05) is 31.9 Å². The Kier molecular flexibility index (Phi) is 7.68. The van der Waals surface area contributed by atoms with Gasteiger partial charge in [0.05, 0.1) is 13.7 Å². The summed E-state index contributed by atoms with van der Waals surface area (Å²) in [6, 6.07) is 14.6. The van der Waals surface area contributed by atoms with Crippen LogP contribution in [0.5, 0.6) is 5.75 Å². The van der Waals surface area contributed by atoms with Crippen LogP contribution in [-0.4, -0.2) is 25.5 Å². The lowest BCUT2D eigenvalue weighted by atomic mass is 10.1. The van der Waals surface area contributed by atoms with Gasteiger partial charge in [0.2, 0.25) is 5.91 Å². The van der Waals surface area contributed by atoms with Gasteiger partial charge in [-0.15, -0.1) is 0 Å². The molecule has 138 valence electrons. The third kappa shape index (κ3) is 6.24. The number of carbonyl (C=O) groups is 2. The lowest BCUT2D eigenvalue weighted by Crippen LogP contribution is -2.32. The van der Waals surface area contributed by atoms with Crippen molar-refractivity contribution in [2.24, 2.45) is 0 Å². The van der Waals surface area contributed by atoms with Crippen molar-refractivity contribution in [1.82, 2.24) is 5.32 Å². The van der Waals surface area contributed by atoms with E-state index in [2.05, 4.69) is 17.6 Å². The summed E-state index contributed by atoms with van der Waals surface area (Å²) in [5, 5.41) is 5.37.